The lowest BCUT2D eigenvalue weighted by Crippen LogP contribution is -2.51. The number of hydrogen-bond donors (Lipinski definition) is 2. The second kappa shape index (κ2) is 4.91. The van der Waals surface area contributed by atoms with Crippen molar-refractivity contribution in [2.24, 2.45) is 23.7 Å². The minimum Gasteiger partial charge on any atom is -0.478 e. The van der Waals surface area contributed by atoms with Crippen LogP contribution in [0, 0.1) is 23.7 Å². The van der Waals surface area contributed by atoms with Crippen molar-refractivity contribution in [1.29, 1.82) is 0 Å². The highest BCUT2D eigenvalue weighted by Crippen LogP contribution is 2.54. The Bertz CT molecular complexity index is 558. The molecule has 5 rings (SSSR count). The Morgan fingerprint density at radius 2 is 1.71 bits per heavy atom. The van der Waals surface area contributed by atoms with Gasteiger partial charge in [0.05, 0.1) is 10.6 Å². The number of carboxylic acid groups (broad SMARTS) is 1. The first-order chi connectivity index (χ1) is 10.1. The number of anilines is 1. The maximum atomic E-state index is 11.2. The van der Waals surface area contributed by atoms with E-state index >= 15 is 0 Å². The van der Waals surface area contributed by atoms with Gasteiger partial charge in [0.15, 0.2) is 0 Å². The summed E-state index contributed by atoms with van der Waals surface area (Å²) in [6, 6.07) is 5.78. The summed E-state index contributed by atoms with van der Waals surface area (Å²) in [4.78, 5) is 11.2. The lowest BCUT2D eigenvalue weighted by molar-refractivity contribution is 0.00754. The van der Waals surface area contributed by atoms with Gasteiger partial charge in [0.2, 0.25) is 0 Å². The second-order valence-corrected chi connectivity index (χ2v) is 7.51. The van der Waals surface area contributed by atoms with Crippen molar-refractivity contribution in [2.75, 3.05) is 5.32 Å². The van der Waals surface area contributed by atoms with E-state index in [-0.39, 0.29) is 5.56 Å². The first-order valence-corrected chi connectivity index (χ1v) is 8.27. The number of benzene rings is 1. The fourth-order valence-corrected chi connectivity index (χ4v) is 5.33. The van der Waals surface area contributed by atoms with Crippen LogP contribution < -0.4 is 5.32 Å². The van der Waals surface area contributed by atoms with Crippen molar-refractivity contribution in [1.82, 2.24) is 0 Å². The molecule has 0 radical (unpaired) electrons. The summed E-state index contributed by atoms with van der Waals surface area (Å²) < 4.78 is 0. The Labute approximate surface area is 129 Å². The van der Waals surface area contributed by atoms with Gasteiger partial charge in [-0.05, 0) is 74.0 Å². The molecule has 0 unspecified atom stereocenters. The van der Waals surface area contributed by atoms with E-state index in [4.69, 9.17) is 11.6 Å². The normalized spacial score (nSPS) is 36.7. The number of nitrogens with one attached hydrogen (secondary N) is 1. The Morgan fingerprint density at radius 1 is 1.10 bits per heavy atom. The molecule has 1 aromatic carbocycles. The fraction of sp³-hybridized carbons (Fsp3) is 0.588. The van der Waals surface area contributed by atoms with Crippen LogP contribution >= 0.6 is 11.6 Å². The van der Waals surface area contributed by atoms with Gasteiger partial charge in [0.1, 0.15) is 0 Å². The van der Waals surface area contributed by atoms with E-state index in [1.54, 1.807) is 12.1 Å². The third-order valence-corrected chi connectivity index (χ3v) is 6.09. The SMILES string of the molecule is O=C(O)c1cc(NC2C3CC4CC(C3)CC2C4)ccc1Cl. The minimum absolute atomic E-state index is 0.186. The van der Waals surface area contributed by atoms with E-state index in [1.807, 2.05) is 6.07 Å². The molecule has 112 valence electrons. The van der Waals surface area contributed by atoms with Gasteiger partial charge in [-0.1, -0.05) is 11.6 Å². The van der Waals surface area contributed by atoms with Crippen molar-refractivity contribution in [3.05, 3.63) is 28.8 Å². The van der Waals surface area contributed by atoms with Crippen LogP contribution in [0.25, 0.3) is 0 Å². The Balaban J connectivity index is 1.56. The van der Waals surface area contributed by atoms with Crippen LogP contribution in [0.15, 0.2) is 18.2 Å². The molecule has 4 aliphatic carbocycles. The molecule has 4 fully saturated rings. The van der Waals surface area contributed by atoms with E-state index in [1.165, 1.54) is 32.1 Å². The van der Waals surface area contributed by atoms with Crippen LogP contribution in [0.5, 0.6) is 0 Å². The number of aromatic carboxylic acids is 1. The molecule has 0 atom stereocenters. The monoisotopic (exact) mass is 305 g/mol. The molecular weight excluding hydrogens is 286 g/mol. The van der Waals surface area contributed by atoms with Gasteiger partial charge in [-0.3, -0.25) is 0 Å². The summed E-state index contributed by atoms with van der Waals surface area (Å²) in [6.07, 6.45) is 6.85. The third-order valence-electron chi connectivity index (χ3n) is 5.76. The summed E-state index contributed by atoms with van der Waals surface area (Å²) in [5.41, 5.74) is 1.08. The van der Waals surface area contributed by atoms with Crippen LogP contribution in [0.4, 0.5) is 5.69 Å². The average molecular weight is 306 g/mol. The Kier molecular flexibility index (Phi) is 3.14. The molecule has 0 saturated heterocycles. The maximum absolute atomic E-state index is 11.2. The predicted octanol–water partition coefficient (Wildman–Crippen LogP) is 4.27. The topological polar surface area (TPSA) is 49.3 Å². The summed E-state index contributed by atoms with van der Waals surface area (Å²) in [7, 11) is 0. The average Bonchev–Trinajstić information content (AvgIpc) is 2.43. The van der Waals surface area contributed by atoms with E-state index < -0.39 is 5.97 Å². The van der Waals surface area contributed by atoms with Gasteiger partial charge in [-0.15, -0.1) is 0 Å². The van der Waals surface area contributed by atoms with E-state index in [9.17, 15) is 9.90 Å². The highest BCUT2D eigenvalue weighted by Gasteiger charge is 2.48. The zero-order valence-electron chi connectivity index (χ0n) is 11.9. The number of carbonyl (C=O) groups is 1. The molecule has 4 bridgehead atoms. The Hall–Kier alpha value is -1.22. The largest absolute Gasteiger partial charge is 0.478 e. The van der Waals surface area contributed by atoms with Crippen LogP contribution in [0.2, 0.25) is 5.02 Å². The summed E-state index contributed by atoms with van der Waals surface area (Å²) in [6.45, 7) is 0. The van der Waals surface area contributed by atoms with Crippen LogP contribution in [0.1, 0.15) is 42.5 Å². The highest BCUT2D eigenvalue weighted by atomic mass is 35.5. The molecule has 0 aromatic heterocycles. The molecule has 4 heteroatoms. The van der Waals surface area contributed by atoms with Crippen molar-refractivity contribution in [2.45, 2.75) is 38.1 Å². The molecule has 0 heterocycles. The molecule has 0 spiro atoms. The number of carboxylic acids is 1. The molecule has 3 nitrogen and oxygen atoms in total. The fourth-order valence-electron chi connectivity index (χ4n) is 5.13. The smallest absolute Gasteiger partial charge is 0.337 e. The first kappa shape index (κ1) is 13.4. The summed E-state index contributed by atoms with van der Waals surface area (Å²) in [5.74, 6) is 2.47. The van der Waals surface area contributed by atoms with Gasteiger partial charge in [0.25, 0.3) is 0 Å². The van der Waals surface area contributed by atoms with E-state index in [2.05, 4.69) is 5.32 Å². The van der Waals surface area contributed by atoms with Crippen molar-refractivity contribution >= 4 is 23.3 Å². The summed E-state index contributed by atoms with van der Waals surface area (Å²) >= 11 is 5.95. The minimum atomic E-state index is -0.964. The Morgan fingerprint density at radius 3 is 2.29 bits per heavy atom. The maximum Gasteiger partial charge on any atom is 0.337 e. The molecule has 0 aliphatic heterocycles. The zero-order chi connectivity index (χ0) is 14.6. The molecule has 4 aliphatic rings. The van der Waals surface area contributed by atoms with Gasteiger partial charge >= 0.3 is 5.97 Å². The lowest BCUT2D eigenvalue weighted by atomic mass is 9.54. The van der Waals surface area contributed by atoms with Crippen LogP contribution in [-0.4, -0.2) is 17.1 Å². The van der Waals surface area contributed by atoms with Gasteiger partial charge in [0, 0.05) is 11.7 Å². The quantitative estimate of drug-likeness (QED) is 0.876. The van der Waals surface area contributed by atoms with Crippen molar-refractivity contribution < 1.29 is 9.90 Å². The first-order valence-electron chi connectivity index (χ1n) is 7.89. The molecule has 4 saturated carbocycles. The molecule has 21 heavy (non-hydrogen) atoms. The van der Waals surface area contributed by atoms with Crippen molar-refractivity contribution in [3.63, 3.8) is 0 Å². The molecule has 2 N–H and O–H groups in total. The lowest BCUT2D eigenvalue weighted by Gasteiger charge is -2.54. The van der Waals surface area contributed by atoms with Gasteiger partial charge in [-0.2, -0.15) is 0 Å². The number of halogens is 1. The van der Waals surface area contributed by atoms with Crippen LogP contribution in [-0.2, 0) is 0 Å². The van der Waals surface area contributed by atoms with Crippen LogP contribution in [0.3, 0.4) is 0 Å². The molecule has 1 aromatic rings. The van der Waals surface area contributed by atoms with Gasteiger partial charge < -0.3 is 10.4 Å². The zero-order valence-corrected chi connectivity index (χ0v) is 12.6. The highest BCUT2D eigenvalue weighted by molar-refractivity contribution is 6.33. The molecule has 0 amide bonds. The number of rotatable bonds is 3. The summed E-state index contributed by atoms with van der Waals surface area (Å²) in [5, 5.41) is 13.1. The number of hydrogen-bond acceptors (Lipinski definition) is 2. The van der Waals surface area contributed by atoms with E-state index in [0.29, 0.717) is 11.1 Å². The second-order valence-electron chi connectivity index (χ2n) is 7.10. The van der Waals surface area contributed by atoms with Crippen molar-refractivity contribution in [3.8, 4) is 0 Å². The molecular formula is C17H20ClNO2. The van der Waals surface area contributed by atoms with Gasteiger partial charge in [-0.25, -0.2) is 4.79 Å². The third kappa shape index (κ3) is 2.32. The predicted molar refractivity (Wildman–Crippen MR) is 82.9 cm³/mol. The van der Waals surface area contributed by atoms with E-state index in [0.717, 1.165) is 29.4 Å². The standard InChI is InChI=1S/C17H20ClNO2/c18-15-2-1-13(8-14(15)17(20)21)19-16-11-4-9-3-10(6-11)7-12(16)5-9/h1-2,8-12,16,19H,3-7H2,(H,20,21).